The van der Waals surface area contributed by atoms with Crippen LogP contribution in [0.3, 0.4) is 0 Å². The van der Waals surface area contributed by atoms with Crippen LogP contribution in [0.2, 0.25) is 0 Å². The molecule has 0 bridgehead atoms. The van der Waals surface area contributed by atoms with Crippen LogP contribution in [0.15, 0.2) is 0 Å². The summed E-state index contributed by atoms with van der Waals surface area (Å²) in [6.07, 6.45) is 2.97. The smallest absolute Gasteiger partial charge is 0.239 e. The van der Waals surface area contributed by atoms with Crippen LogP contribution in [0.25, 0.3) is 0 Å². The molecule has 0 rings (SSSR count). The number of rotatable bonds is 8. The van der Waals surface area contributed by atoms with E-state index in [1.165, 1.54) is 0 Å². The minimum Gasteiger partial charge on any atom is -0.358 e. The van der Waals surface area contributed by atoms with Crippen molar-refractivity contribution in [3.8, 4) is 0 Å². The van der Waals surface area contributed by atoms with Gasteiger partial charge in [-0.2, -0.15) is 0 Å². The fourth-order valence-corrected chi connectivity index (χ4v) is 1.64. The standard InChI is InChI=1S/C12H25N3O2/c1-4-6-10(13)8-12(17)15(7-5-2)9-11(16)14-3/h10H,4-9,13H2,1-3H3,(H,14,16). The number of nitrogens with zero attached hydrogens (tertiary/aromatic N) is 1. The Morgan fingerprint density at radius 1 is 1.29 bits per heavy atom. The van der Waals surface area contributed by atoms with Gasteiger partial charge in [-0.15, -0.1) is 0 Å². The van der Waals surface area contributed by atoms with Crippen LogP contribution in [0, 0.1) is 0 Å². The van der Waals surface area contributed by atoms with E-state index < -0.39 is 0 Å². The number of carbonyl (C=O) groups excluding carboxylic acids is 2. The fourth-order valence-electron chi connectivity index (χ4n) is 1.64. The van der Waals surface area contributed by atoms with Crippen molar-refractivity contribution < 1.29 is 9.59 Å². The third-order valence-corrected chi connectivity index (χ3v) is 2.56. The molecule has 0 saturated heterocycles. The molecular formula is C12H25N3O2. The van der Waals surface area contributed by atoms with Crippen LogP contribution in [0.5, 0.6) is 0 Å². The van der Waals surface area contributed by atoms with Gasteiger partial charge in [0.1, 0.15) is 0 Å². The molecule has 0 fully saturated rings. The summed E-state index contributed by atoms with van der Waals surface area (Å²) in [7, 11) is 1.57. The Kier molecular flexibility index (Phi) is 8.40. The van der Waals surface area contributed by atoms with Crippen molar-refractivity contribution in [1.29, 1.82) is 0 Å². The molecule has 0 aliphatic carbocycles. The highest BCUT2D eigenvalue weighted by molar-refractivity contribution is 5.84. The van der Waals surface area contributed by atoms with Crippen molar-refractivity contribution in [2.24, 2.45) is 5.73 Å². The zero-order chi connectivity index (χ0) is 13.3. The highest BCUT2D eigenvalue weighted by Crippen LogP contribution is 2.03. The van der Waals surface area contributed by atoms with E-state index in [1.807, 2.05) is 13.8 Å². The summed E-state index contributed by atoms with van der Waals surface area (Å²) in [4.78, 5) is 24.8. The molecule has 5 nitrogen and oxygen atoms in total. The second-order valence-electron chi connectivity index (χ2n) is 4.24. The van der Waals surface area contributed by atoms with Crippen LogP contribution in [-0.2, 0) is 9.59 Å². The summed E-state index contributed by atoms with van der Waals surface area (Å²) in [6.45, 7) is 4.75. The lowest BCUT2D eigenvalue weighted by molar-refractivity contribution is -0.136. The number of amides is 2. The minimum absolute atomic E-state index is 0.0311. The van der Waals surface area contributed by atoms with E-state index in [4.69, 9.17) is 5.73 Å². The number of nitrogens with two attached hydrogens (primary N) is 1. The van der Waals surface area contributed by atoms with E-state index in [1.54, 1.807) is 11.9 Å². The molecule has 0 aliphatic rings. The van der Waals surface area contributed by atoms with Gasteiger partial charge in [0.25, 0.3) is 0 Å². The molecule has 0 aromatic rings. The molecule has 0 aromatic carbocycles. The quantitative estimate of drug-likeness (QED) is 0.651. The average Bonchev–Trinajstić information content (AvgIpc) is 2.28. The summed E-state index contributed by atoms with van der Waals surface area (Å²) < 4.78 is 0. The Balaban J connectivity index is 4.27. The molecular weight excluding hydrogens is 218 g/mol. The van der Waals surface area contributed by atoms with Gasteiger partial charge in [-0.3, -0.25) is 9.59 Å². The van der Waals surface area contributed by atoms with Gasteiger partial charge in [0.2, 0.25) is 11.8 Å². The third kappa shape index (κ3) is 6.94. The second-order valence-corrected chi connectivity index (χ2v) is 4.24. The second kappa shape index (κ2) is 8.98. The van der Waals surface area contributed by atoms with Gasteiger partial charge in [-0.25, -0.2) is 0 Å². The van der Waals surface area contributed by atoms with Crippen LogP contribution in [-0.4, -0.2) is 42.9 Å². The molecule has 5 heteroatoms. The van der Waals surface area contributed by atoms with Gasteiger partial charge in [0, 0.05) is 26.1 Å². The molecule has 0 spiro atoms. The Bertz CT molecular complexity index is 244. The van der Waals surface area contributed by atoms with Gasteiger partial charge in [-0.05, 0) is 12.8 Å². The van der Waals surface area contributed by atoms with Crippen LogP contribution < -0.4 is 11.1 Å². The van der Waals surface area contributed by atoms with E-state index in [-0.39, 0.29) is 24.4 Å². The lowest BCUT2D eigenvalue weighted by Crippen LogP contribution is -2.42. The summed E-state index contributed by atoms with van der Waals surface area (Å²) in [5.74, 6) is -0.174. The SMILES string of the molecule is CCCC(N)CC(=O)N(CCC)CC(=O)NC. The van der Waals surface area contributed by atoms with E-state index in [0.717, 1.165) is 19.3 Å². The lowest BCUT2D eigenvalue weighted by Gasteiger charge is -2.22. The van der Waals surface area contributed by atoms with Crippen molar-refractivity contribution in [3.05, 3.63) is 0 Å². The molecule has 1 unspecified atom stereocenters. The predicted molar refractivity (Wildman–Crippen MR) is 68.4 cm³/mol. The Hall–Kier alpha value is -1.10. The molecule has 0 radical (unpaired) electrons. The van der Waals surface area contributed by atoms with E-state index in [0.29, 0.717) is 13.0 Å². The molecule has 2 amide bonds. The zero-order valence-electron chi connectivity index (χ0n) is 11.2. The first-order chi connectivity index (χ1) is 8.04. The Morgan fingerprint density at radius 2 is 1.94 bits per heavy atom. The van der Waals surface area contributed by atoms with Crippen LogP contribution >= 0.6 is 0 Å². The van der Waals surface area contributed by atoms with Gasteiger partial charge >= 0.3 is 0 Å². The maximum Gasteiger partial charge on any atom is 0.239 e. The molecule has 0 heterocycles. The average molecular weight is 243 g/mol. The maximum absolute atomic E-state index is 11.9. The van der Waals surface area contributed by atoms with Crippen molar-refractivity contribution >= 4 is 11.8 Å². The molecule has 100 valence electrons. The lowest BCUT2D eigenvalue weighted by atomic mass is 10.1. The van der Waals surface area contributed by atoms with Crippen LogP contribution in [0.4, 0.5) is 0 Å². The first-order valence-electron chi connectivity index (χ1n) is 6.29. The number of likely N-dealkylation sites (N-methyl/N-ethyl adjacent to an activating group) is 1. The van der Waals surface area contributed by atoms with E-state index in [9.17, 15) is 9.59 Å². The molecule has 1 atom stereocenters. The Labute approximate surface area is 104 Å². The predicted octanol–water partition coefficient (Wildman–Crippen LogP) is 0.489. The number of hydrogen-bond acceptors (Lipinski definition) is 3. The minimum atomic E-state index is -0.143. The van der Waals surface area contributed by atoms with Crippen molar-refractivity contribution in [1.82, 2.24) is 10.2 Å². The monoisotopic (exact) mass is 243 g/mol. The topological polar surface area (TPSA) is 75.4 Å². The highest BCUT2D eigenvalue weighted by atomic mass is 16.2. The highest BCUT2D eigenvalue weighted by Gasteiger charge is 2.17. The van der Waals surface area contributed by atoms with Crippen molar-refractivity contribution in [3.63, 3.8) is 0 Å². The largest absolute Gasteiger partial charge is 0.358 e. The van der Waals surface area contributed by atoms with E-state index >= 15 is 0 Å². The number of hydrogen-bond donors (Lipinski definition) is 2. The van der Waals surface area contributed by atoms with Gasteiger partial charge < -0.3 is 16.0 Å². The van der Waals surface area contributed by atoms with E-state index in [2.05, 4.69) is 5.32 Å². The first-order valence-corrected chi connectivity index (χ1v) is 6.29. The van der Waals surface area contributed by atoms with Gasteiger partial charge in [0.05, 0.1) is 6.54 Å². The van der Waals surface area contributed by atoms with Crippen molar-refractivity contribution in [2.45, 2.75) is 45.6 Å². The summed E-state index contributed by atoms with van der Waals surface area (Å²) >= 11 is 0. The normalized spacial score (nSPS) is 12.0. The third-order valence-electron chi connectivity index (χ3n) is 2.56. The van der Waals surface area contributed by atoms with Crippen molar-refractivity contribution in [2.75, 3.05) is 20.1 Å². The summed E-state index contributed by atoms with van der Waals surface area (Å²) in [5, 5.41) is 2.52. The summed E-state index contributed by atoms with van der Waals surface area (Å²) in [6, 6.07) is -0.100. The fraction of sp³-hybridized carbons (Fsp3) is 0.833. The maximum atomic E-state index is 11.9. The molecule has 0 aliphatic heterocycles. The molecule has 3 N–H and O–H groups in total. The number of carbonyl (C=O) groups is 2. The number of nitrogens with one attached hydrogen (secondary N) is 1. The molecule has 17 heavy (non-hydrogen) atoms. The van der Waals surface area contributed by atoms with Gasteiger partial charge in [0.15, 0.2) is 0 Å². The van der Waals surface area contributed by atoms with Crippen LogP contribution in [0.1, 0.15) is 39.5 Å². The zero-order valence-corrected chi connectivity index (χ0v) is 11.2. The molecule has 0 aromatic heterocycles. The molecule has 0 saturated carbocycles. The summed E-state index contributed by atoms with van der Waals surface area (Å²) in [5.41, 5.74) is 5.83. The van der Waals surface area contributed by atoms with Gasteiger partial charge in [-0.1, -0.05) is 20.3 Å². The first kappa shape index (κ1) is 15.9. The Morgan fingerprint density at radius 3 is 2.41 bits per heavy atom.